The van der Waals surface area contributed by atoms with Crippen molar-refractivity contribution in [3.05, 3.63) is 51.9 Å². The number of nitrogens with one attached hydrogen (secondary N) is 1. The molecule has 0 heterocycles. The van der Waals surface area contributed by atoms with Gasteiger partial charge in [0.05, 0.1) is 29.1 Å². The van der Waals surface area contributed by atoms with E-state index in [4.69, 9.17) is 16.7 Å². The van der Waals surface area contributed by atoms with Crippen LogP contribution in [0, 0.1) is 0 Å². The van der Waals surface area contributed by atoms with Gasteiger partial charge in [0.15, 0.2) is 0 Å². The van der Waals surface area contributed by atoms with Crippen molar-refractivity contribution < 1.29 is 9.00 Å². The minimum absolute atomic E-state index is 0.134. The predicted octanol–water partition coefficient (Wildman–Crippen LogP) is 3.70. The van der Waals surface area contributed by atoms with Gasteiger partial charge in [-0.2, -0.15) is 0 Å². The van der Waals surface area contributed by atoms with Crippen LogP contribution >= 0.6 is 23.7 Å². The zero-order valence-electron chi connectivity index (χ0n) is 14.6. The second kappa shape index (κ2) is 9.91. The number of anilines is 1. The maximum Gasteiger partial charge on any atom is 0.255 e. The molecule has 0 aromatic heterocycles. The topological polar surface area (TPSA) is 87.8 Å². The number of hydrogen-bond acceptors (Lipinski definition) is 5. The van der Waals surface area contributed by atoms with Crippen molar-refractivity contribution in [2.75, 3.05) is 17.8 Å². The number of benzene rings is 1. The zero-order chi connectivity index (χ0) is 19.1. The summed E-state index contributed by atoms with van der Waals surface area (Å²) in [4.78, 5) is 15.1. The molecular formula is C17H21ClN4O2S2. The van der Waals surface area contributed by atoms with Crippen LogP contribution in [-0.2, 0) is 11.0 Å². The summed E-state index contributed by atoms with van der Waals surface area (Å²) in [5.41, 5.74) is 1.61. The molecule has 1 aromatic rings. The third kappa shape index (κ3) is 5.20. The van der Waals surface area contributed by atoms with Gasteiger partial charge >= 0.3 is 0 Å². The maximum absolute atomic E-state index is 12.7. The molecule has 1 amide bonds. The number of nitrogens with two attached hydrogens (primary N) is 1. The first-order chi connectivity index (χ1) is 12.5. The van der Waals surface area contributed by atoms with Crippen molar-refractivity contribution in [3.63, 3.8) is 0 Å². The normalized spacial score (nSPS) is 16.3. The Bertz CT molecular complexity index is 789. The smallest absolute Gasteiger partial charge is 0.255 e. The molecule has 1 atom stereocenters. The Morgan fingerprint density at radius 1 is 1.42 bits per heavy atom. The van der Waals surface area contributed by atoms with Crippen molar-refractivity contribution >= 4 is 52.0 Å². The minimum atomic E-state index is -1.53. The van der Waals surface area contributed by atoms with E-state index >= 15 is 0 Å². The summed E-state index contributed by atoms with van der Waals surface area (Å²) in [6.07, 6.45) is 5.77. The van der Waals surface area contributed by atoms with E-state index in [0.29, 0.717) is 40.7 Å². The summed E-state index contributed by atoms with van der Waals surface area (Å²) in [7, 11) is -1.53. The maximum atomic E-state index is 12.7. The van der Waals surface area contributed by atoms with E-state index in [1.807, 2.05) is 19.9 Å². The fourth-order valence-corrected chi connectivity index (χ4v) is 3.87. The predicted molar refractivity (Wildman–Crippen MR) is 112 cm³/mol. The van der Waals surface area contributed by atoms with Gasteiger partial charge in [0.25, 0.3) is 5.91 Å². The first-order valence-electron chi connectivity index (χ1n) is 8.07. The summed E-state index contributed by atoms with van der Waals surface area (Å²) >= 11 is 6.94. The number of halogens is 1. The Hall–Kier alpha value is -1.61. The molecule has 0 bridgehead atoms. The lowest BCUT2D eigenvalue weighted by Gasteiger charge is -2.21. The van der Waals surface area contributed by atoms with Crippen LogP contribution in [0.2, 0.25) is 5.02 Å². The number of rotatable bonds is 7. The zero-order valence-corrected chi connectivity index (χ0v) is 17.0. The molecule has 6 nitrogen and oxygen atoms in total. The Morgan fingerprint density at radius 2 is 2.15 bits per heavy atom. The van der Waals surface area contributed by atoms with Crippen LogP contribution in [0.5, 0.6) is 0 Å². The highest BCUT2D eigenvalue weighted by molar-refractivity contribution is 7.95. The molecule has 0 spiro atoms. The van der Waals surface area contributed by atoms with Crippen LogP contribution in [0.4, 0.5) is 5.69 Å². The Labute approximate surface area is 165 Å². The van der Waals surface area contributed by atoms with Crippen LogP contribution < -0.4 is 9.86 Å². The quantitative estimate of drug-likeness (QED) is 0.668. The Balaban J connectivity index is 2.26. The second-order valence-electron chi connectivity index (χ2n) is 5.40. The summed E-state index contributed by atoms with van der Waals surface area (Å²) in [6.45, 7) is 5.01. The van der Waals surface area contributed by atoms with Gasteiger partial charge in [0, 0.05) is 29.4 Å². The molecule has 1 aromatic carbocycles. The fourth-order valence-electron chi connectivity index (χ4n) is 2.45. The molecule has 140 valence electrons. The molecule has 3 N–H and O–H groups in total. The summed E-state index contributed by atoms with van der Waals surface area (Å²) in [5, 5.41) is 5.81. The van der Waals surface area contributed by atoms with Gasteiger partial charge < -0.3 is 9.62 Å². The number of carbonyl (C=O) groups is 1. The Kier molecular flexibility index (Phi) is 7.89. The molecule has 9 heteroatoms. The highest BCUT2D eigenvalue weighted by atomic mass is 35.5. The Morgan fingerprint density at radius 3 is 2.81 bits per heavy atom. The van der Waals surface area contributed by atoms with Gasteiger partial charge in [0.1, 0.15) is 11.0 Å². The third-order valence-corrected chi connectivity index (χ3v) is 5.54. The van der Waals surface area contributed by atoms with Crippen molar-refractivity contribution in [3.8, 4) is 0 Å². The van der Waals surface area contributed by atoms with Gasteiger partial charge in [-0.05, 0) is 44.2 Å². The number of amides is 1. The molecule has 26 heavy (non-hydrogen) atoms. The van der Waals surface area contributed by atoms with E-state index in [9.17, 15) is 9.00 Å². The summed E-state index contributed by atoms with van der Waals surface area (Å²) < 4.78 is 19.7. The molecular weight excluding hydrogens is 392 g/mol. The fraction of sp³-hybridized carbons (Fsp3) is 0.294. The van der Waals surface area contributed by atoms with Crippen molar-refractivity contribution in [1.29, 1.82) is 0 Å². The first-order valence-corrected chi connectivity index (χ1v) is 10.4. The van der Waals surface area contributed by atoms with Crippen molar-refractivity contribution in [2.45, 2.75) is 20.3 Å². The number of nitrogens with zero attached hydrogens (tertiary/aromatic N) is 2. The van der Waals surface area contributed by atoms with Crippen molar-refractivity contribution in [1.82, 2.24) is 4.90 Å². The second-order valence-corrected chi connectivity index (χ2v) is 7.49. The van der Waals surface area contributed by atoms with E-state index in [-0.39, 0.29) is 5.91 Å². The third-order valence-electron chi connectivity index (χ3n) is 3.80. The lowest BCUT2D eigenvalue weighted by atomic mass is 10.1. The molecule has 1 aliphatic carbocycles. The highest BCUT2D eigenvalue weighted by Crippen LogP contribution is 2.25. The molecule has 1 unspecified atom stereocenters. The van der Waals surface area contributed by atoms with Gasteiger partial charge in [-0.1, -0.05) is 17.7 Å². The molecule has 0 aliphatic heterocycles. The molecule has 0 saturated carbocycles. The number of allylic oxidation sites excluding steroid dienone is 4. The van der Waals surface area contributed by atoms with Gasteiger partial charge in [-0.3, -0.25) is 9.93 Å². The monoisotopic (exact) mass is 412 g/mol. The molecule has 0 saturated heterocycles. The van der Waals surface area contributed by atoms with Crippen LogP contribution in [0.15, 0.2) is 45.7 Å². The summed E-state index contributed by atoms with van der Waals surface area (Å²) in [5.74, 6) is -0.134. The van der Waals surface area contributed by atoms with E-state index in [0.717, 1.165) is 17.8 Å². The number of hydrogen-bond donors (Lipinski definition) is 2. The van der Waals surface area contributed by atoms with Crippen LogP contribution in [-0.4, -0.2) is 33.8 Å². The lowest BCUT2D eigenvalue weighted by molar-refractivity contribution is 0.0774. The van der Waals surface area contributed by atoms with Gasteiger partial charge in [0.2, 0.25) is 0 Å². The molecule has 2 rings (SSSR count). The lowest BCUT2D eigenvalue weighted by Crippen LogP contribution is -2.31. The number of carbonyl (C=O) groups excluding carboxylic acids is 1. The van der Waals surface area contributed by atoms with Crippen LogP contribution in [0.25, 0.3) is 0 Å². The molecule has 0 radical (unpaired) electrons. The molecule has 0 fully saturated rings. The molecule has 1 aliphatic rings. The largest absolute Gasteiger partial charge is 0.339 e. The van der Waals surface area contributed by atoms with E-state index in [2.05, 4.69) is 9.12 Å². The minimum Gasteiger partial charge on any atom is -0.339 e. The van der Waals surface area contributed by atoms with Gasteiger partial charge in [-0.15, -0.1) is 0 Å². The van der Waals surface area contributed by atoms with Crippen LogP contribution in [0.1, 0.15) is 30.6 Å². The first kappa shape index (κ1) is 20.7. The SMILES string of the molecule is CCN(CC)C(=O)c1ccc(Cl)cc1NS(=O)C1=CC=C/C(=N/SN)C1. The average Bonchev–Trinajstić information content (AvgIpc) is 2.63. The van der Waals surface area contributed by atoms with Crippen LogP contribution in [0.3, 0.4) is 0 Å². The van der Waals surface area contributed by atoms with Crippen molar-refractivity contribution in [2.24, 2.45) is 9.54 Å². The van der Waals surface area contributed by atoms with E-state index in [1.54, 1.807) is 35.3 Å². The van der Waals surface area contributed by atoms with E-state index in [1.165, 1.54) is 0 Å². The standard InChI is InChI=1S/C17H21ClN4O2S2/c1-3-22(4-2)17(23)15-9-8-12(18)10-16(15)21-26(24)14-7-5-6-13(11-14)20-25-19/h5-10,21H,3-4,11,19H2,1-2H3/b20-13-. The highest BCUT2D eigenvalue weighted by Gasteiger charge is 2.20. The van der Waals surface area contributed by atoms with E-state index < -0.39 is 11.0 Å². The summed E-state index contributed by atoms with van der Waals surface area (Å²) in [6, 6.07) is 4.91. The average molecular weight is 413 g/mol. The van der Waals surface area contributed by atoms with Gasteiger partial charge in [-0.25, -0.2) is 8.61 Å².